The first kappa shape index (κ1) is 18.7. The maximum absolute atomic E-state index is 12.4. The Hall–Kier alpha value is -3.66. The van der Waals surface area contributed by atoms with E-state index in [9.17, 15) is 9.59 Å². The third-order valence-corrected chi connectivity index (χ3v) is 5.23. The van der Waals surface area contributed by atoms with Crippen molar-refractivity contribution in [1.29, 1.82) is 0 Å². The van der Waals surface area contributed by atoms with E-state index in [0.717, 1.165) is 11.1 Å². The predicted octanol–water partition coefficient (Wildman–Crippen LogP) is 5.66. The van der Waals surface area contributed by atoms with Crippen LogP contribution in [-0.4, -0.2) is 11.6 Å². The van der Waals surface area contributed by atoms with Gasteiger partial charge in [0, 0.05) is 16.5 Å². The van der Waals surface area contributed by atoms with Crippen LogP contribution in [0.25, 0.3) is 0 Å². The molecule has 0 amide bonds. The highest BCUT2D eigenvalue weighted by atomic mass is 16.3. The lowest BCUT2D eigenvalue weighted by atomic mass is 9.77. The molecule has 0 aliphatic rings. The Kier molecular flexibility index (Phi) is 4.77. The summed E-state index contributed by atoms with van der Waals surface area (Å²) in [6, 6.07) is 21.8. The first-order chi connectivity index (χ1) is 14.0. The van der Waals surface area contributed by atoms with Gasteiger partial charge in [-0.2, -0.15) is 0 Å². The first-order valence-electron chi connectivity index (χ1n) is 9.34. The number of hydrogen-bond donors (Lipinski definition) is 0. The van der Waals surface area contributed by atoms with Gasteiger partial charge in [0.2, 0.25) is 11.6 Å². The van der Waals surface area contributed by atoms with E-state index in [1.807, 2.05) is 48.5 Å². The summed E-state index contributed by atoms with van der Waals surface area (Å²) in [6.45, 7) is 4.22. The van der Waals surface area contributed by atoms with Crippen LogP contribution in [0.3, 0.4) is 0 Å². The van der Waals surface area contributed by atoms with Crippen LogP contribution in [0.5, 0.6) is 0 Å². The second-order valence-corrected chi connectivity index (χ2v) is 7.39. The molecule has 4 heteroatoms. The summed E-state index contributed by atoms with van der Waals surface area (Å²) < 4.78 is 10.4. The van der Waals surface area contributed by atoms with Gasteiger partial charge in [-0.25, -0.2) is 0 Å². The van der Waals surface area contributed by atoms with Gasteiger partial charge in [-0.05, 0) is 35.4 Å². The summed E-state index contributed by atoms with van der Waals surface area (Å²) in [6.07, 6.45) is 2.98. The second-order valence-electron chi connectivity index (χ2n) is 7.39. The molecule has 4 aromatic rings. The van der Waals surface area contributed by atoms with E-state index in [-0.39, 0.29) is 17.0 Å². The molecule has 2 aromatic carbocycles. The summed E-state index contributed by atoms with van der Waals surface area (Å²) >= 11 is 0. The van der Waals surface area contributed by atoms with Crippen LogP contribution < -0.4 is 0 Å². The molecule has 0 unspecified atom stereocenters. The van der Waals surface area contributed by atoms with Gasteiger partial charge in [0.05, 0.1) is 12.5 Å². The highest BCUT2D eigenvalue weighted by Crippen LogP contribution is 2.32. The highest BCUT2D eigenvalue weighted by molar-refractivity contribution is 6.07. The molecule has 0 saturated heterocycles. The Bertz CT molecular complexity index is 1020. The van der Waals surface area contributed by atoms with Gasteiger partial charge in [-0.1, -0.05) is 62.4 Å². The minimum Gasteiger partial charge on any atom is -0.461 e. The molecule has 0 N–H and O–H groups in total. The summed E-state index contributed by atoms with van der Waals surface area (Å²) in [5.74, 6) is 0.378. The number of hydrogen-bond acceptors (Lipinski definition) is 4. The van der Waals surface area contributed by atoms with Gasteiger partial charge in [0.15, 0.2) is 11.5 Å². The van der Waals surface area contributed by atoms with Crippen molar-refractivity contribution in [2.24, 2.45) is 0 Å². The van der Waals surface area contributed by atoms with E-state index in [1.165, 1.54) is 12.5 Å². The van der Waals surface area contributed by atoms with Crippen molar-refractivity contribution >= 4 is 11.6 Å². The predicted molar refractivity (Wildman–Crippen MR) is 109 cm³/mol. The van der Waals surface area contributed by atoms with Crippen LogP contribution in [0.4, 0.5) is 0 Å². The molecule has 4 nitrogen and oxygen atoms in total. The normalized spacial score (nSPS) is 11.4. The molecule has 0 bridgehead atoms. The van der Waals surface area contributed by atoms with Gasteiger partial charge < -0.3 is 8.83 Å². The molecular weight excluding hydrogens is 364 g/mol. The van der Waals surface area contributed by atoms with E-state index in [2.05, 4.69) is 13.8 Å². The number of carbonyl (C=O) groups excluding carboxylic acids is 2. The topological polar surface area (TPSA) is 60.4 Å². The molecule has 144 valence electrons. The minimum absolute atomic E-state index is 0.139. The lowest BCUT2D eigenvalue weighted by molar-refractivity contribution is 0.100. The zero-order chi connectivity index (χ0) is 20.4. The van der Waals surface area contributed by atoms with Gasteiger partial charge in [0.1, 0.15) is 0 Å². The molecule has 0 saturated carbocycles. The van der Waals surface area contributed by atoms with Crippen LogP contribution in [0, 0.1) is 0 Å². The number of carbonyl (C=O) groups is 2. The molecule has 0 atom stereocenters. The fourth-order valence-corrected chi connectivity index (χ4v) is 3.34. The third kappa shape index (κ3) is 3.57. The number of ketones is 2. The molecule has 2 aromatic heterocycles. The van der Waals surface area contributed by atoms with Crippen molar-refractivity contribution < 1.29 is 18.4 Å². The zero-order valence-corrected chi connectivity index (χ0v) is 16.2. The minimum atomic E-state index is -0.293. The van der Waals surface area contributed by atoms with Crippen molar-refractivity contribution in [2.45, 2.75) is 19.3 Å². The Morgan fingerprint density at radius 1 is 0.621 bits per heavy atom. The molecule has 4 rings (SSSR count). The van der Waals surface area contributed by atoms with E-state index in [0.29, 0.717) is 22.6 Å². The Morgan fingerprint density at radius 3 is 1.31 bits per heavy atom. The average Bonchev–Trinajstić information content (AvgIpc) is 3.47. The molecule has 2 heterocycles. The molecule has 29 heavy (non-hydrogen) atoms. The van der Waals surface area contributed by atoms with Crippen LogP contribution >= 0.6 is 0 Å². The zero-order valence-electron chi connectivity index (χ0n) is 16.2. The average molecular weight is 384 g/mol. The van der Waals surface area contributed by atoms with Crippen LogP contribution in [0.15, 0.2) is 94.2 Å². The maximum atomic E-state index is 12.4. The molecular formula is C25H20O4. The number of benzene rings is 2. The van der Waals surface area contributed by atoms with Crippen molar-refractivity contribution in [1.82, 2.24) is 0 Å². The van der Waals surface area contributed by atoms with Crippen LogP contribution in [0.2, 0.25) is 0 Å². The number of rotatable bonds is 6. The van der Waals surface area contributed by atoms with Crippen molar-refractivity contribution in [2.75, 3.05) is 0 Å². The summed E-state index contributed by atoms with van der Waals surface area (Å²) in [4.78, 5) is 24.8. The lowest BCUT2D eigenvalue weighted by Crippen LogP contribution is -2.19. The van der Waals surface area contributed by atoms with E-state index in [4.69, 9.17) is 8.83 Å². The molecule has 0 radical (unpaired) electrons. The smallest absolute Gasteiger partial charge is 0.228 e. The van der Waals surface area contributed by atoms with Crippen molar-refractivity contribution in [3.63, 3.8) is 0 Å². The van der Waals surface area contributed by atoms with Crippen molar-refractivity contribution in [3.8, 4) is 0 Å². The van der Waals surface area contributed by atoms with Crippen molar-refractivity contribution in [3.05, 3.63) is 119 Å². The monoisotopic (exact) mass is 384 g/mol. The molecule has 0 aliphatic carbocycles. The second kappa shape index (κ2) is 7.40. The lowest BCUT2D eigenvalue weighted by Gasteiger charge is -2.26. The maximum Gasteiger partial charge on any atom is 0.228 e. The van der Waals surface area contributed by atoms with Gasteiger partial charge >= 0.3 is 0 Å². The Labute approximate surface area is 168 Å². The summed E-state index contributed by atoms with van der Waals surface area (Å²) in [5.41, 5.74) is 3.01. The van der Waals surface area contributed by atoms with Crippen LogP contribution in [-0.2, 0) is 5.41 Å². The van der Waals surface area contributed by atoms with Gasteiger partial charge in [-0.15, -0.1) is 0 Å². The third-order valence-electron chi connectivity index (χ3n) is 5.23. The fraction of sp³-hybridized carbons (Fsp3) is 0.120. The largest absolute Gasteiger partial charge is 0.461 e. The fourth-order valence-electron chi connectivity index (χ4n) is 3.34. The summed E-state index contributed by atoms with van der Waals surface area (Å²) in [7, 11) is 0. The summed E-state index contributed by atoms with van der Waals surface area (Å²) in [5, 5.41) is 0. The highest BCUT2D eigenvalue weighted by Gasteiger charge is 2.24. The van der Waals surface area contributed by atoms with E-state index in [1.54, 1.807) is 24.3 Å². The van der Waals surface area contributed by atoms with Gasteiger partial charge in [0.25, 0.3) is 0 Å². The number of furan rings is 2. The molecule has 0 fully saturated rings. The SMILES string of the molecule is CC(C)(c1ccc(C(=O)c2ccco2)cc1)c1ccc(C(=O)c2ccco2)cc1. The Morgan fingerprint density at radius 2 is 1.00 bits per heavy atom. The Balaban J connectivity index is 1.56. The van der Waals surface area contributed by atoms with E-state index < -0.39 is 0 Å². The van der Waals surface area contributed by atoms with E-state index >= 15 is 0 Å². The quantitative estimate of drug-likeness (QED) is 0.402. The van der Waals surface area contributed by atoms with Gasteiger partial charge in [-0.3, -0.25) is 9.59 Å². The molecule has 0 aliphatic heterocycles. The first-order valence-corrected chi connectivity index (χ1v) is 9.34. The molecule has 0 spiro atoms. The standard InChI is InChI=1S/C25H20O4/c1-25(2,19-11-7-17(8-12-19)23(26)21-5-3-15-28-21)20-13-9-18(10-14-20)24(27)22-6-4-16-29-22/h3-16H,1-2H3. The van der Waals surface area contributed by atoms with Crippen LogP contribution in [0.1, 0.15) is 57.2 Å².